The number of methoxy groups -OCH3 is 2. The Balaban J connectivity index is 1.51. The molecule has 1 saturated carbocycles. The van der Waals surface area contributed by atoms with Gasteiger partial charge in [0, 0.05) is 60.0 Å². The van der Waals surface area contributed by atoms with E-state index in [0.29, 0.717) is 58.9 Å². The summed E-state index contributed by atoms with van der Waals surface area (Å²) >= 11 is 0. The highest BCUT2D eigenvalue weighted by atomic mass is 16.5. The Labute approximate surface area is 293 Å². The first kappa shape index (κ1) is 36.2. The number of carbonyl (C=O) groups is 1. The van der Waals surface area contributed by atoms with Gasteiger partial charge in [-0.2, -0.15) is 4.98 Å². The van der Waals surface area contributed by atoms with Crippen LogP contribution in [0.5, 0.6) is 11.5 Å². The maximum absolute atomic E-state index is 13.8. The number of aromatic nitrogens is 3. The SMILES string of the molecule is COc1cc(Cc2cnc(N)nc2N)cc(C#Cc2ccc3c(=O)c(C(=O)OCCN(C(C)C)C(C)C)cn(C4CCCCC4)c3c2)c1OC. The summed E-state index contributed by atoms with van der Waals surface area (Å²) in [6.07, 6.45) is 9.02. The van der Waals surface area contributed by atoms with Gasteiger partial charge in [-0.05, 0) is 76.4 Å². The minimum Gasteiger partial charge on any atom is -0.493 e. The molecule has 0 radical (unpaired) electrons. The van der Waals surface area contributed by atoms with Crippen LogP contribution < -0.4 is 26.4 Å². The fourth-order valence-electron chi connectivity index (χ4n) is 6.81. The molecule has 0 unspecified atom stereocenters. The van der Waals surface area contributed by atoms with Gasteiger partial charge in [0.2, 0.25) is 11.4 Å². The highest BCUT2D eigenvalue weighted by molar-refractivity contribution is 5.94. The van der Waals surface area contributed by atoms with Crippen molar-refractivity contribution >= 4 is 28.6 Å². The minimum atomic E-state index is -0.592. The molecule has 5 rings (SSSR count). The number of anilines is 2. The molecule has 1 aliphatic rings. The van der Waals surface area contributed by atoms with Crippen LogP contribution in [0.2, 0.25) is 0 Å². The number of nitrogens with two attached hydrogens (primary N) is 2. The zero-order valence-electron chi connectivity index (χ0n) is 29.9. The molecular weight excluding hydrogens is 632 g/mol. The van der Waals surface area contributed by atoms with E-state index in [1.807, 2.05) is 18.2 Å². The van der Waals surface area contributed by atoms with Crippen molar-refractivity contribution in [3.63, 3.8) is 0 Å². The lowest BCUT2D eigenvalue weighted by molar-refractivity contribution is 0.0415. The summed E-state index contributed by atoms with van der Waals surface area (Å²) in [5.41, 5.74) is 15.2. The quantitative estimate of drug-likeness (QED) is 0.148. The average Bonchev–Trinajstić information content (AvgIpc) is 3.10. The van der Waals surface area contributed by atoms with E-state index >= 15 is 0 Å². The highest BCUT2D eigenvalue weighted by Crippen LogP contribution is 2.34. The van der Waals surface area contributed by atoms with E-state index in [4.69, 9.17) is 25.7 Å². The van der Waals surface area contributed by atoms with Crippen LogP contribution >= 0.6 is 0 Å². The number of rotatable bonds is 11. The van der Waals surface area contributed by atoms with Gasteiger partial charge in [-0.1, -0.05) is 31.1 Å². The fourth-order valence-corrected chi connectivity index (χ4v) is 6.81. The van der Waals surface area contributed by atoms with E-state index in [1.165, 1.54) is 6.42 Å². The van der Waals surface area contributed by atoms with Crippen LogP contribution in [0.1, 0.15) is 98.5 Å². The number of nitrogen functional groups attached to an aromatic ring is 2. The molecule has 4 N–H and O–H groups in total. The second-order valence-corrected chi connectivity index (χ2v) is 13.3. The number of pyridine rings is 1. The van der Waals surface area contributed by atoms with Gasteiger partial charge >= 0.3 is 5.97 Å². The highest BCUT2D eigenvalue weighted by Gasteiger charge is 2.23. The topological polar surface area (TPSA) is 148 Å². The zero-order chi connectivity index (χ0) is 35.9. The van der Waals surface area contributed by atoms with Crippen molar-refractivity contribution < 1.29 is 19.0 Å². The molecule has 2 aromatic carbocycles. The van der Waals surface area contributed by atoms with E-state index in [-0.39, 0.29) is 29.6 Å². The van der Waals surface area contributed by atoms with Gasteiger partial charge in [-0.3, -0.25) is 9.69 Å². The molecule has 1 aliphatic carbocycles. The zero-order valence-corrected chi connectivity index (χ0v) is 29.9. The van der Waals surface area contributed by atoms with E-state index < -0.39 is 5.97 Å². The van der Waals surface area contributed by atoms with E-state index in [9.17, 15) is 9.59 Å². The maximum Gasteiger partial charge on any atom is 0.343 e. The molecule has 0 bridgehead atoms. The van der Waals surface area contributed by atoms with Crippen LogP contribution in [0.3, 0.4) is 0 Å². The molecule has 1 fully saturated rings. The molecule has 0 atom stereocenters. The molecule has 4 aromatic rings. The molecule has 0 spiro atoms. The van der Waals surface area contributed by atoms with Gasteiger partial charge in [0.25, 0.3) is 0 Å². The molecule has 50 heavy (non-hydrogen) atoms. The van der Waals surface area contributed by atoms with Crippen molar-refractivity contribution in [3.8, 4) is 23.3 Å². The van der Waals surface area contributed by atoms with Crippen molar-refractivity contribution in [2.75, 3.05) is 38.8 Å². The number of benzene rings is 2. The number of ether oxygens (including phenoxy) is 3. The summed E-state index contributed by atoms with van der Waals surface area (Å²) in [6, 6.07) is 10.1. The van der Waals surface area contributed by atoms with Crippen molar-refractivity contribution in [1.82, 2.24) is 19.4 Å². The largest absolute Gasteiger partial charge is 0.493 e. The summed E-state index contributed by atoms with van der Waals surface area (Å²) in [5.74, 6) is 7.37. The minimum absolute atomic E-state index is 0.0586. The third-order valence-corrected chi connectivity index (χ3v) is 9.32. The van der Waals surface area contributed by atoms with Crippen LogP contribution in [0.15, 0.2) is 47.5 Å². The van der Waals surface area contributed by atoms with Gasteiger partial charge in [0.05, 0.1) is 25.3 Å². The van der Waals surface area contributed by atoms with Crippen molar-refractivity contribution in [2.45, 2.75) is 84.3 Å². The Morgan fingerprint density at radius 1 is 1.02 bits per heavy atom. The number of hydrogen-bond donors (Lipinski definition) is 2. The summed E-state index contributed by atoms with van der Waals surface area (Å²) in [7, 11) is 3.14. The van der Waals surface area contributed by atoms with Crippen molar-refractivity contribution in [2.24, 2.45) is 0 Å². The third-order valence-electron chi connectivity index (χ3n) is 9.32. The lowest BCUT2D eigenvalue weighted by Gasteiger charge is -2.30. The van der Waals surface area contributed by atoms with Crippen LogP contribution in [0, 0.1) is 11.8 Å². The number of esters is 1. The number of hydrogen-bond acceptors (Lipinski definition) is 10. The lowest BCUT2D eigenvalue weighted by Crippen LogP contribution is -2.39. The smallest absolute Gasteiger partial charge is 0.343 e. The predicted molar refractivity (Wildman–Crippen MR) is 197 cm³/mol. The van der Waals surface area contributed by atoms with E-state index in [0.717, 1.165) is 42.3 Å². The van der Waals surface area contributed by atoms with Crippen molar-refractivity contribution in [3.05, 3.63) is 80.8 Å². The normalized spacial score (nSPS) is 13.5. The number of nitrogens with zero attached hydrogens (tertiary/aromatic N) is 4. The van der Waals surface area contributed by atoms with E-state index in [2.05, 4.69) is 59.0 Å². The standard InChI is InChI=1S/C39H48N6O5/c1-24(2)44(25(3)4)16-17-50-38(47)32-23-45(30-10-8-7-9-11-30)33-20-26(13-15-31(33)35(32)46)12-14-28-18-27(21-34(48-5)36(28)49-6)19-29-22-42-39(41)43-37(29)40/h13,15,18,20-25,30H,7-11,16-17,19H2,1-6H3,(H4,40,41,42,43). The van der Waals surface area contributed by atoms with Crippen LogP contribution in [-0.2, 0) is 11.2 Å². The third kappa shape index (κ3) is 8.20. The first-order valence-electron chi connectivity index (χ1n) is 17.3. The van der Waals surface area contributed by atoms with Gasteiger partial charge in [-0.25, -0.2) is 9.78 Å². The van der Waals surface area contributed by atoms with Crippen LogP contribution in [0.25, 0.3) is 10.9 Å². The van der Waals surface area contributed by atoms with Crippen LogP contribution in [0.4, 0.5) is 11.8 Å². The molecule has 0 saturated heterocycles. The molecule has 2 heterocycles. The first-order chi connectivity index (χ1) is 24.0. The molecule has 11 heteroatoms. The second-order valence-electron chi connectivity index (χ2n) is 13.3. The fraction of sp³-hybridized carbons (Fsp3) is 0.436. The second kappa shape index (κ2) is 16.1. The Morgan fingerprint density at radius 2 is 1.76 bits per heavy atom. The molecule has 0 amide bonds. The monoisotopic (exact) mass is 680 g/mol. The maximum atomic E-state index is 13.8. The summed E-state index contributed by atoms with van der Waals surface area (Å²) in [6.45, 7) is 9.27. The summed E-state index contributed by atoms with van der Waals surface area (Å²) in [5, 5.41) is 0.464. The molecule has 264 valence electrons. The molecular formula is C39H48N6O5. The molecule has 11 nitrogen and oxygen atoms in total. The lowest BCUT2D eigenvalue weighted by atomic mass is 9.94. The van der Waals surface area contributed by atoms with Crippen LogP contribution in [-0.4, -0.2) is 64.9 Å². The Hall–Kier alpha value is -5.08. The van der Waals surface area contributed by atoms with Gasteiger partial charge < -0.3 is 30.2 Å². The first-order valence-corrected chi connectivity index (χ1v) is 17.3. The molecule has 2 aromatic heterocycles. The van der Waals surface area contributed by atoms with Gasteiger partial charge in [0.15, 0.2) is 11.5 Å². The number of fused-ring (bicyclic) bond motifs is 1. The summed E-state index contributed by atoms with van der Waals surface area (Å²) < 4.78 is 19.1. The van der Waals surface area contributed by atoms with E-state index in [1.54, 1.807) is 38.7 Å². The Kier molecular flexibility index (Phi) is 11.6. The van der Waals surface area contributed by atoms with Gasteiger partial charge in [-0.15, -0.1) is 0 Å². The number of carbonyl (C=O) groups excluding carboxylic acids is 1. The van der Waals surface area contributed by atoms with Gasteiger partial charge in [0.1, 0.15) is 18.0 Å². The Morgan fingerprint density at radius 3 is 2.42 bits per heavy atom. The summed E-state index contributed by atoms with van der Waals surface area (Å²) in [4.78, 5) is 37.5. The average molecular weight is 681 g/mol. The Bertz CT molecular complexity index is 1960. The predicted octanol–water partition coefficient (Wildman–Crippen LogP) is 5.74. The molecule has 0 aliphatic heterocycles. The van der Waals surface area contributed by atoms with Crippen molar-refractivity contribution in [1.29, 1.82) is 0 Å².